The summed E-state index contributed by atoms with van der Waals surface area (Å²) in [5.41, 5.74) is 1.72. The minimum atomic E-state index is -0.340. The van der Waals surface area contributed by atoms with Crippen LogP contribution in [0.15, 0.2) is 24.3 Å². The molecule has 4 saturated carbocycles. The molecule has 0 aromatic heterocycles. The normalized spacial score (nSPS) is 45.2. The fourth-order valence-electron chi connectivity index (χ4n) is 11.9. The Kier molecular flexibility index (Phi) is 8.28. The van der Waals surface area contributed by atoms with Crippen LogP contribution in [0.4, 0.5) is 0 Å². The number of hydrogen-bond donors (Lipinski definition) is 3. The van der Waals surface area contributed by atoms with Crippen molar-refractivity contribution < 1.29 is 24.2 Å². The van der Waals surface area contributed by atoms with Crippen LogP contribution in [0.2, 0.25) is 0 Å². The number of hydrogen-bond acceptors (Lipinski definition) is 5. The molecule has 4 aliphatic carbocycles. The van der Waals surface area contributed by atoms with Crippen LogP contribution < -0.4 is 10.6 Å². The molecule has 7 heteroatoms. The molecule has 0 bridgehead atoms. The lowest BCUT2D eigenvalue weighted by Crippen LogP contribution is -2.56. The summed E-state index contributed by atoms with van der Waals surface area (Å²) in [4.78, 5) is 25.3. The predicted molar refractivity (Wildman–Crippen MR) is 173 cm³/mol. The number of benzene rings is 1. The molecule has 2 heterocycles. The first-order valence-electron chi connectivity index (χ1n) is 18.2. The zero-order valence-electron chi connectivity index (χ0n) is 28.0. The third-order valence-electron chi connectivity index (χ3n) is 14.3. The molecule has 6 fully saturated rings. The lowest BCUT2D eigenvalue weighted by atomic mass is 9.44. The van der Waals surface area contributed by atoms with Crippen LogP contribution in [0.3, 0.4) is 0 Å². The van der Waals surface area contributed by atoms with Crippen molar-refractivity contribution in [2.75, 3.05) is 13.2 Å². The largest absolute Gasteiger partial charge is 0.508 e. The van der Waals surface area contributed by atoms with E-state index in [4.69, 9.17) is 9.47 Å². The molecule has 0 unspecified atom stereocenters. The number of aromatic hydroxyl groups is 1. The molecule has 2 saturated heterocycles. The molecule has 7 nitrogen and oxygen atoms in total. The van der Waals surface area contributed by atoms with Crippen LogP contribution in [-0.2, 0) is 25.5 Å². The summed E-state index contributed by atoms with van der Waals surface area (Å²) in [6.45, 7) is 11.3. The van der Waals surface area contributed by atoms with Crippen molar-refractivity contribution in [2.45, 2.75) is 123 Å². The van der Waals surface area contributed by atoms with Gasteiger partial charge in [-0.25, -0.2) is 0 Å². The summed E-state index contributed by atoms with van der Waals surface area (Å²) < 4.78 is 13.5. The number of amides is 2. The van der Waals surface area contributed by atoms with E-state index in [1.807, 2.05) is 12.1 Å². The lowest BCUT2D eigenvalue weighted by Gasteiger charge is -2.61. The highest BCUT2D eigenvalue weighted by Crippen LogP contribution is 2.71. The van der Waals surface area contributed by atoms with Gasteiger partial charge in [0.1, 0.15) is 12.2 Å². The van der Waals surface area contributed by atoms with Crippen LogP contribution in [0.25, 0.3) is 0 Å². The molecular formula is C38H56N2O5. The van der Waals surface area contributed by atoms with Gasteiger partial charge < -0.3 is 25.2 Å². The zero-order valence-corrected chi connectivity index (χ0v) is 28.0. The standard InChI is InChI=1S/C38H56N2O5/c1-23-11-17-38(44-22-23)24(2)35-32(45-38)20-31-29-10-7-26-19-27(12-15-36(26,3)30(29)13-16-37(31,35)4)40-34(43)21-33(42)39-18-14-25-5-8-28(41)9-6-25/h5-6,8-9,23-24,26-27,29-32,35,41H,7,10-22H2,1-4H3,(H,39,42)(H,40,43)/t23-,24+,26+,27+,29-,30+,31+,32+,35+,36+,37+,38-/m1/s1. The molecule has 0 radical (unpaired) electrons. The van der Waals surface area contributed by atoms with Crippen LogP contribution in [0.5, 0.6) is 5.75 Å². The van der Waals surface area contributed by atoms with Gasteiger partial charge in [-0.3, -0.25) is 9.59 Å². The topological polar surface area (TPSA) is 96.9 Å². The van der Waals surface area contributed by atoms with Gasteiger partial charge in [0.05, 0.1) is 12.7 Å². The minimum Gasteiger partial charge on any atom is -0.508 e. The summed E-state index contributed by atoms with van der Waals surface area (Å²) in [6.07, 6.45) is 12.8. The smallest absolute Gasteiger partial charge is 0.229 e. The Hall–Kier alpha value is -2.12. The van der Waals surface area contributed by atoms with Crippen molar-refractivity contribution in [3.63, 3.8) is 0 Å². The fraction of sp³-hybridized carbons (Fsp3) is 0.789. The van der Waals surface area contributed by atoms with E-state index < -0.39 is 0 Å². The number of phenolic OH excluding ortho intramolecular Hbond substituents is 1. The van der Waals surface area contributed by atoms with Gasteiger partial charge >= 0.3 is 0 Å². The Morgan fingerprint density at radius 2 is 1.69 bits per heavy atom. The van der Waals surface area contributed by atoms with Gasteiger partial charge in [-0.05, 0) is 128 Å². The maximum Gasteiger partial charge on any atom is 0.229 e. The summed E-state index contributed by atoms with van der Waals surface area (Å²) in [5.74, 6) is 4.15. The number of carbonyl (C=O) groups is 2. The Morgan fingerprint density at radius 1 is 0.911 bits per heavy atom. The van der Waals surface area contributed by atoms with E-state index in [1.54, 1.807) is 12.1 Å². The van der Waals surface area contributed by atoms with Gasteiger partial charge in [0.25, 0.3) is 0 Å². The van der Waals surface area contributed by atoms with E-state index >= 15 is 0 Å². The lowest BCUT2D eigenvalue weighted by molar-refractivity contribution is -0.273. The Morgan fingerprint density at radius 3 is 2.44 bits per heavy atom. The first-order valence-corrected chi connectivity index (χ1v) is 18.2. The molecule has 3 N–H and O–H groups in total. The molecule has 2 aliphatic heterocycles. The Bertz CT molecular complexity index is 1260. The van der Waals surface area contributed by atoms with Crippen molar-refractivity contribution in [2.24, 2.45) is 52.3 Å². The first-order chi connectivity index (χ1) is 21.5. The Labute approximate surface area is 270 Å². The maximum absolute atomic E-state index is 12.9. The summed E-state index contributed by atoms with van der Waals surface area (Å²) in [7, 11) is 0. The molecular weight excluding hydrogens is 564 g/mol. The number of ether oxygens (including phenoxy) is 2. The molecule has 7 rings (SSSR count). The van der Waals surface area contributed by atoms with Crippen molar-refractivity contribution in [3.05, 3.63) is 29.8 Å². The third-order valence-corrected chi connectivity index (χ3v) is 14.3. The number of phenols is 1. The van der Waals surface area contributed by atoms with Crippen molar-refractivity contribution in [1.29, 1.82) is 0 Å². The molecule has 1 spiro atoms. The molecule has 248 valence electrons. The molecule has 6 aliphatic rings. The number of rotatable bonds is 6. The van der Waals surface area contributed by atoms with Gasteiger partial charge in [-0.1, -0.05) is 39.8 Å². The minimum absolute atomic E-state index is 0.118. The van der Waals surface area contributed by atoms with E-state index in [9.17, 15) is 14.7 Å². The van der Waals surface area contributed by atoms with Gasteiger partial charge in [0.2, 0.25) is 11.8 Å². The van der Waals surface area contributed by atoms with E-state index in [1.165, 1.54) is 44.9 Å². The Balaban J connectivity index is 0.919. The van der Waals surface area contributed by atoms with Gasteiger partial charge in [-0.2, -0.15) is 0 Å². The second kappa shape index (κ2) is 11.8. The highest BCUT2D eigenvalue weighted by Gasteiger charge is 2.69. The third kappa shape index (κ3) is 5.52. The maximum atomic E-state index is 12.9. The average molecular weight is 621 g/mol. The van der Waals surface area contributed by atoms with Crippen LogP contribution >= 0.6 is 0 Å². The van der Waals surface area contributed by atoms with Crippen LogP contribution in [0, 0.1) is 52.3 Å². The fourth-order valence-corrected chi connectivity index (χ4v) is 11.9. The second-order valence-electron chi connectivity index (χ2n) is 16.7. The van der Waals surface area contributed by atoms with Crippen molar-refractivity contribution >= 4 is 11.8 Å². The quantitative estimate of drug-likeness (QED) is 0.321. The predicted octanol–water partition coefficient (Wildman–Crippen LogP) is 6.37. The summed E-state index contributed by atoms with van der Waals surface area (Å²) in [5, 5.41) is 15.5. The van der Waals surface area contributed by atoms with Crippen molar-refractivity contribution in [3.8, 4) is 5.75 Å². The van der Waals surface area contributed by atoms with Gasteiger partial charge in [0, 0.05) is 24.9 Å². The highest BCUT2D eigenvalue weighted by atomic mass is 16.7. The van der Waals surface area contributed by atoms with Crippen molar-refractivity contribution in [1.82, 2.24) is 10.6 Å². The molecule has 1 aromatic carbocycles. The second-order valence-corrected chi connectivity index (χ2v) is 16.7. The first kappa shape index (κ1) is 31.5. The molecule has 12 atom stereocenters. The zero-order chi connectivity index (χ0) is 31.6. The van der Waals surface area contributed by atoms with E-state index in [0.717, 1.165) is 49.2 Å². The number of carbonyl (C=O) groups excluding carboxylic acids is 2. The van der Waals surface area contributed by atoms with Gasteiger partial charge in [-0.15, -0.1) is 0 Å². The van der Waals surface area contributed by atoms with Gasteiger partial charge in [0.15, 0.2) is 5.79 Å². The number of nitrogens with one attached hydrogen (secondary N) is 2. The molecule has 45 heavy (non-hydrogen) atoms. The monoisotopic (exact) mass is 620 g/mol. The number of fused-ring (bicyclic) bond motifs is 7. The van der Waals surface area contributed by atoms with Crippen LogP contribution in [0.1, 0.15) is 104 Å². The summed E-state index contributed by atoms with van der Waals surface area (Å²) in [6, 6.07) is 7.15. The molecule has 1 aromatic rings. The van der Waals surface area contributed by atoms with E-state index in [-0.39, 0.29) is 35.8 Å². The molecule has 2 amide bonds. The van der Waals surface area contributed by atoms with E-state index in [2.05, 4.69) is 38.3 Å². The van der Waals surface area contributed by atoms with E-state index in [0.29, 0.717) is 53.6 Å². The highest BCUT2D eigenvalue weighted by molar-refractivity contribution is 5.96. The SMILES string of the molecule is C[C@@H]1CC[C@@]2(OC1)O[C@H]1C[C@H]3[C@@H]4CC[C@H]5C[C@@H](NC(=O)CC(=O)NCCc6ccc(O)cc6)CC[C@]5(C)[C@H]4CC[C@]3(C)[C@H]1[C@@H]2C. The average Bonchev–Trinajstić information content (AvgIpc) is 3.45. The van der Waals surface area contributed by atoms with Crippen LogP contribution in [-0.4, -0.2) is 48.0 Å². The summed E-state index contributed by atoms with van der Waals surface area (Å²) >= 11 is 0.